The largest absolute Gasteiger partial charge is 0.465 e. The van der Waals surface area contributed by atoms with E-state index in [4.69, 9.17) is 16.3 Å². The molecule has 0 unspecified atom stereocenters. The van der Waals surface area contributed by atoms with Gasteiger partial charge in [-0.3, -0.25) is 9.36 Å². The maximum Gasteiger partial charge on any atom is 0.299 e. The summed E-state index contributed by atoms with van der Waals surface area (Å²) < 4.78 is 7.51. The van der Waals surface area contributed by atoms with Crippen molar-refractivity contribution in [3.8, 4) is 6.01 Å². The number of hydrogen-bond acceptors (Lipinski definition) is 4. The van der Waals surface area contributed by atoms with Crippen molar-refractivity contribution >= 4 is 23.2 Å². The highest BCUT2D eigenvalue weighted by Crippen LogP contribution is 2.26. The average Bonchev–Trinajstić information content (AvgIpc) is 2.92. The lowest BCUT2D eigenvalue weighted by Crippen LogP contribution is -2.14. The van der Waals surface area contributed by atoms with Crippen molar-refractivity contribution in [1.82, 2.24) is 9.55 Å². The van der Waals surface area contributed by atoms with Crippen LogP contribution in [0.15, 0.2) is 24.3 Å². The number of carbonyl (C=O) groups is 1. The van der Waals surface area contributed by atoms with Gasteiger partial charge >= 0.3 is 0 Å². The number of ketones is 1. The molecule has 0 aliphatic heterocycles. The number of nitrogens with zero attached hydrogens (tertiary/aromatic N) is 2. The molecule has 24 heavy (non-hydrogen) atoms. The first-order valence-corrected chi connectivity index (χ1v) is 8.73. The van der Waals surface area contributed by atoms with Crippen LogP contribution < -0.4 is 10.1 Å². The van der Waals surface area contributed by atoms with Crippen molar-refractivity contribution in [2.24, 2.45) is 0 Å². The molecule has 1 heterocycles. The fourth-order valence-electron chi connectivity index (χ4n) is 2.41. The lowest BCUT2D eigenvalue weighted by molar-refractivity contribution is 0.0979. The molecular weight excluding hydrogens is 326 g/mol. The fourth-order valence-corrected chi connectivity index (χ4v) is 2.53. The Bertz CT molecular complexity index is 680. The second-order valence-electron chi connectivity index (χ2n) is 5.44. The number of ether oxygens (including phenoxy) is 1. The summed E-state index contributed by atoms with van der Waals surface area (Å²) in [6.45, 7) is 7.59. The molecule has 0 radical (unpaired) electrons. The van der Waals surface area contributed by atoms with Gasteiger partial charge in [0.1, 0.15) is 5.69 Å². The molecule has 2 rings (SSSR count). The van der Waals surface area contributed by atoms with Crippen molar-refractivity contribution in [3.05, 3.63) is 40.5 Å². The van der Waals surface area contributed by atoms with Crippen LogP contribution >= 0.6 is 11.6 Å². The summed E-state index contributed by atoms with van der Waals surface area (Å²) in [5, 5.41) is 3.92. The molecule has 1 N–H and O–H groups in total. The van der Waals surface area contributed by atoms with Crippen LogP contribution in [0.1, 0.15) is 49.7 Å². The van der Waals surface area contributed by atoms with Crippen LogP contribution in [-0.2, 0) is 6.54 Å². The zero-order chi connectivity index (χ0) is 17.5. The van der Waals surface area contributed by atoms with E-state index >= 15 is 0 Å². The fraction of sp³-hybridized carbons (Fsp3) is 0.444. The van der Waals surface area contributed by atoms with Crippen molar-refractivity contribution in [1.29, 1.82) is 0 Å². The summed E-state index contributed by atoms with van der Waals surface area (Å²) in [7, 11) is 0. The zero-order valence-corrected chi connectivity index (χ0v) is 15.2. The van der Waals surface area contributed by atoms with E-state index in [0.717, 1.165) is 18.5 Å². The quantitative estimate of drug-likeness (QED) is 0.682. The average molecular weight is 350 g/mol. The predicted molar refractivity (Wildman–Crippen MR) is 97.4 cm³/mol. The van der Waals surface area contributed by atoms with E-state index in [9.17, 15) is 4.79 Å². The van der Waals surface area contributed by atoms with Crippen molar-refractivity contribution in [3.63, 3.8) is 0 Å². The summed E-state index contributed by atoms with van der Waals surface area (Å²) in [5.74, 6) is 0.641. The minimum absolute atomic E-state index is 0.0426. The number of Topliss-reactive ketones (excluding diaryl/α,β-unsaturated/α-hetero) is 1. The molecule has 5 nitrogen and oxygen atoms in total. The van der Waals surface area contributed by atoms with E-state index in [-0.39, 0.29) is 5.78 Å². The molecule has 0 saturated carbocycles. The van der Waals surface area contributed by atoms with Crippen LogP contribution in [0.2, 0.25) is 5.02 Å². The summed E-state index contributed by atoms with van der Waals surface area (Å²) in [4.78, 5) is 17.0. The molecule has 0 spiro atoms. The molecule has 6 heteroatoms. The second-order valence-corrected chi connectivity index (χ2v) is 5.88. The third-order valence-electron chi connectivity index (χ3n) is 3.59. The molecule has 0 fully saturated rings. The van der Waals surface area contributed by atoms with Gasteiger partial charge in [0.15, 0.2) is 11.6 Å². The highest BCUT2D eigenvalue weighted by atomic mass is 35.5. The molecule has 0 amide bonds. The van der Waals surface area contributed by atoms with Crippen molar-refractivity contribution in [2.45, 2.75) is 40.2 Å². The highest BCUT2D eigenvalue weighted by Gasteiger charge is 2.23. The van der Waals surface area contributed by atoms with Gasteiger partial charge in [0, 0.05) is 18.0 Å². The molecule has 0 bridgehead atoms. The summed E-state index contributed by atoms with van der Waals surface area (Å²) in [6, 6.07) is 8.02. The predicted octanol–water partition coefficient (Wildman–Crippen LogP) is 4.40. The number of benzene rings is 1. The van der Waals surface area contributed by atoms with Crippen LogP contribution in [-0.4, -0.2) is 28.5 Å². The number of carbonyl (C=O) groups excluding carboxylic acids is 1. The van der Waals surface area contributed by atoms with Crippen molar-refractivity contribution < 1.29 is 9.53 Å². The van der Waals surface area contributed by atoms with Gasteiger partial charge in [0.2, 0.25) is 0 Å². The van der Waals surface area contributed by atoms with Gasteiger partial charge in [-0.2, -0.15) is 4.98 Å². The molecule has 1 aromatic carbocycles. The molecule has 0 aliphatic rings. The summed E-state index contributed by atoms with van der Waals surface area (Å²) >= 11 is 5.95. The second kappa shape index (κ2) is 8.73. The Kier molecular flexibility index (Phi) is 6.67. The van der Waals surface area contributed by atoms with E-state index in [2.05, 4.69) is 17.2 Å². The Morgan fingerprint density at radius 1 is 1.25 bits per heavy atom. The number of nitrogens with one attached hydrogen (secondary N) is 1. The third kappa shape index (κ3) is 4.29. The van der Waals surface area contributed by atoms with Gasteiger partial charge in [-0.1, -0.05) is 37.6 Å². The number of aromatic nitrogens is 2. The van der Waals surface area contributed by atoms with Gasteiger partial charge in [0.25, 0.3) is 6.01 Å². The van der Waals surface area contributed by atoms with Crippen LogP contribution in [0.25, 0.3) is 0 Å². The Hall–Kier alpha value is -2.01. The van der Waals surface area contributed by atoms with Gasteiger partial charge in [-0.25, -0.2) is 0 Å². The lowest BCUT2D eigenvalue weighted by Gasteiger charge is -2.12. The van der Waals surface area contributed by atoms with Crippen LogP contribution in [0.3, 0.4) is 0 Å². The van der Waals surface area contributed by atoms with Gasteiger partial charge in [-0.15, -0.1) is 0 Å². The molecule has 130 valence electrons. The normalized spacial score (nSPS) is 10.7. The maximum absolute atomic E-state index is 12.5. The number of rotatable bonds is 9. The summed E-state index contributed by atoms with van der Waals surface area (Å²) in [5.41, 5.74) is 1.61. The third-order valence-corrected chi connectivity index (χ3v) is 3.84. The van der Waals surface area contributed by atoms with E-state index in [1.807, 2.05) is 42.7 Å². The number of imidazole rings is 1. The molecule has 0 atom stereocenters. The number of halogens is 1. The maximum atomic E-state index is 12.5. The van der Waals surface area contributed by atoms with Gasteiger partial charge < -0.3 is 10.1 Å². The standard InChI is InChI=1S/C18H24ClN3O2/c1-4-11-20-17-16(15(23)5-2)22(18(21-17)24-6-3)12-13-7-9-14(19)10-8-13/h7-10,20H,4-6,11-12H2,1-3H3. The molecule has 2 aromatic rings. The number of anilines is 1. The van der Waals surface area contributed by atoms with E-state index < -0.39 is 0 Å². The first-order chi connectivity index (χ1) is 11.6. The number of hydrogen-bond donors (Lipinski definition) is 1. The van der Waals surface area contributed by atoms with E-state index in [1.165, 1.54) is 0 Å². The lowest BCUT2D eigenvalue weighted by atomic mass is 10.2. The van der Waals surface area contributed by atoms with E-state index in [1.54, 1.807) is 0 Å². The summed E-state index contributed by atoms with van der Waals surface area (Å²) in [6.07, 6.45) is 1.37. The minimum atomic E-state index is 0.0426. The Morgan fingerprint density at radius 3 is 2.54 bits per heavy atom. The first kappa shape index (κ1) is 18.3. The van der Waals surface area contributed by atoms with Gasteiger partial charge in [-0.05, 0) is 31.0 Å². The topological polar surface area (TPSA) is 56.2 Å². The smallest absolute Gasteiger partial charge is 0.299 e. The minimum Gasteiger partial charge on any atom is -0.465 e. The molecule has 0 saturated heterocycles. The van der Waals surface area contributed by atoms with Crippen LogP contribution in [0, 0.1) is 0 Å². The molecular formula is C18H24ClN3O2. The SMILES string of the molecule is CCCNc1nc(OCC)n(Cc2ccc(Cl)cc2)c1C(=O)CC. The first-order valence-electron chi connectivity index (χ1n) is 8.35. The highest BCUT2D eigenvalue weighted by molar-refractivity contribution is 6.30. The Labute approximate surface area is 148 Å². The molecule has 1 aromatic heterocycles. The molecule has 0 aliphatic carbocycles. The van der Waals surface area contributed by atoms with Crippen LogP contribution in [0.5, 0.6) is 6.01 Å². The zero-order valence-electron chi connectivity index (χ0n) is 14.4. The van der Waals surface area contributed by atoms with Crippen LogP contribution in [0.4, 0.5) is 5.82 Å². The Balaban J connectivity index is 2.45. The monoisotopic (exact) mass is 349 g/mol. The van der Waals surface area contributed by atoms with Crippen molar-refractivity contribution in [2.75, 3.05) is 18.5 Å². The van der Waals surface area contributed by atoms with E-state index in [0.29, 0.717) is 42.1 Å². The Morgan fingerprint density at radius 2 is 1.96 bits per heavy atom. The van der Waals surface area contributed by atoms with Gasteiger partial charge in [0.05, 0.1) is 13.2 Å².